The topological polar surface area (TPSA) is 87.5 Å². The van der Waals surface area contributed by atoms with Crippen LogP contribution in [0.1, 0.15) is 37.3 Å². The van der Waals surface area contributed by atoms with Crippen molar-refractivity contribution in [2.24, 2.45) is 0 Å². The minimum Gasteiger partial charge on any atom is -0.363 e. The maximum Gasteiger partial charge on any atom is 0.322 e. The van der Waals surface area contributed by atoms with E-state index in [4.69, 9.17) is 4.52 Å². The summed E-state index contributed by atoms with van der Waals surface area (Å²) in [5.74, 6) is 0.0180. The Bertz CT molecular complexity index is 728. The fourth-order valence-corrected chi connectivity index (χ4v) is 2.59. The highest BCUT2D eigenvalue weighted by Gasteiger charge is 2.18. The number of anilines is 2. The number of unbranched alkanes of at least 4 members (excludes halogenated alkanes) is 2. The van der Waals surface area contributed by atoms with E-state index in [9.17, 15) is 9.59 Å². The van der Waals surface area contributed by atoms with Crippen molar-refractivity contribution in [2.45, 2.75) is 40.0 Å². The zero-order valence-electron chi connectivity index (χ0n) is 15.5. The van der Waals surface area contributed by atoms with E-state index in [-0.39, 0.29) is 18.5 Å². The Morgan fingerprint density at radius 3 is 2.62 bits per heavy atom. The van der Waals surface area contributed by atoms with Crippen molar-refractivity contribution in [2.75, 3.05) is 23.7 Å². The molecule has 0 fully saturated rings. The van der Waals surface area contributed by atoms with Crippen LogP contribution in [0.2, 0.25) is 0 Å². The predicted molar refractivity (Wildman–Crippen MR) is 101 cm³/mol. The van der Waals surface area contributed by atoms with Gasteiger partial charge in [-0.05, 0) is 31.9 Å². The molecule has 2 rings (SSSR count). The van der Waals surface area contributed by atoms with Crippen LogP contribution in [-0.2, 0) is 4.79 Å². The maximum absolute atomic E-state index is 12.7. The van der Waals surface area contributed by atoms with Crippen LogP contribution in [0.3, 0.4) is 0 Å². The summed E-state index contributed by atoms with van der Waals surface area (Å²) in [5.41, 5.74) is 2.86. The number of aryl methyl sites for hydroxylation is 2. The van der Waals surface area contributed by atoms with Crippen molar-refractivity contribution in [3.8, 4) is 0 Å². The molecule has 0 saturated carbocycles. The molecule has 0 aliphatic heterocycles. The molecular weight excluding hydrogens is 332 g/mol. The number of hydrogen-bond donors (Lipinski definition) is 2. The van der Waals surface area contributed by atoms with Gasteiger partial charge in [-0.25, -0.2) is 4.79 Å². The molecule has 0 unspecified atom stereocenters. The molecule has 0 bridgehead atoms. The normalized spacial score (nSPS) is 10.4. The number of carbonyl (C=O) groups excluding carboxylic acids is 2. The van der Waals surface area contributed by atoms with Gasteiger partial charge < -0.3 is 20.1 Å². The number of aromatic nitrogens is 1. The monoisotopic (exact) mass is 358 g/mol. The molecule has 0 aliphatic rings. The standard InChI is InChI=1S/C19H26N4O3/c1-4-5-6-10-23(13-18(24)21-17-9-11-26-22-17)19(25)20-16-8-7-14(2)12-15(16)3/h7-9,11-12H,4-6,10,13H2,1-3H3,(H,20,25)(H,21,22,24). The molecule has 0 spiro atoms. The molecule has 1 heterocycles. The van der Waals surface area contributed by atoms with Gasteiger partial charge in [0.25, 0.3) is 0 Å². The summed E-state index contributed by atoms with van der Waals surface area (Å²) < 4.78 is 4.69. The molecule has 0 saturated heterocycles. The first-order valence-corrected chi connectivity index (χ1v) is 8.83. The summed E-state index contributed by atoms with van der Waals surface area (Å²) in [4.78, 5) is 26.4. The van der Waals surface area contributed by atoms with Gasteiger partial charge in [0.2, 0.25) is 5.91 Å². The second kappa shape index (κ2) is 9.60. The van der Waals surface area contributed by atoms with Gasteiger partial charge in [0.1, 0.15) is 12.8 Å². The van der Waals surface area contributed by atoms with Crippen molar-refractivity contribution in [1.29, 1.82) is 0 Å². The smallest absolute Gasteiger partial charge is 0.322 e. The lowest BCUT2D eigenvalue weighted by molar-refractivity contribution is -0.116. The molecule has 26 heavy (non-hydrogen) atoms. The van der Waals surface area contributed by atoms with Crippen LogP contribution >= 0.6 is 0 Å². The predicted octanol–water partition coefficient (Wildman–Crippen LogP) is 3.95. The van der Waals surface area contributed by atoms with E-state index in [1.165, 1.54) is 11.2 Å². The lowest BCUT2D eigenvalue weighted by Gasteiger charge is -2.23. The third kappa shape index (κ3) is 5.91. The number of hydrogen-bond acceptors (Lipinski definition) is 4. The molecule has 0 radical (unpaired) electrons. The Labute approximate surface area is 153 Å². The largest absolute Gasteiger partial charge is 0.363 e. The fraction of sp³-hybridized carbons (Fsp3) is 0.421. The molecular formula is C19H26N4O3. The Morgan fingerprint density at radius 2 is 1.96 bits per heavy atom. The van der Waals surface area contributed by atoms with Gasteiger partial charge >= 0.3 is 6.03 Å². The molecule has 7 nitrogen and oxygen atoms in total. The van der Waals surface area contributed by atoms with Crippen molar-refractivity contribution in [3.05, 3.63) is 41.7 Å². The number of carbonyl (C=O) groups is 2. The van der Waals surface area contributed by atoms with Gasteiger partial charge in [0.15, 0.2) is 5.82 Å². The molecule has 7 heteroatoms. The van der Waals surface area contributed by atoms with Crippen LogP contribution < -0.4 is 10.6 Å². The highest BCUT2D eigenvalue weighted by atomic mass is 16.5. The summed E-state index contributed by atoms with van der Waals surface area (Å²) in [7, 11) is 0. The Hall–Kier alpha value is -2.83. The van der Waals surface area contributed by atoms with Crippen molar-refractivity contribution >= 4 is 23.4 Å². The first-order valence-electron chi connectivity index (χ1n) is 8.83. The molecule has 1 aromatic carbocycles. The molecule has 2 N–H and O–H groups in total. The van der Waals surface area contributed by atoms with E-state index >= 15 is 0 Å². The summed E-state index contributed by atoms with van der Waals surface area (Å²) in [6.45, 7) is 6.51. The van der Waals surface area contributed by atoms with Gasteiger partial charge in [-0.1, -0.05) is 42.6 Å². The molecule has 140 valence electrons. The van der Waals surface area contributed by atoms with Crippen LogP contribution in [0.15, 0.2) is 35.1 Å². The third-order valence-corrected chi connectivity index (χ3v) is 3.98. The van der Waals surface area contributed by atoms with E-state index in [0.29, 0.717) is 12.4 Å². The van der Waals surface area contributed by atoms with Gasteiger partial charge in [0, 0.05) is 18.3 Å². The molecule has 0 atom stereocenters. The van der Waals surface area contributed by atoms with E-state index in [1.54, 1.807) is 6.07 Å². The average molecular weight is 358 g/mol. The van der Waals surface area contributed by atoms with Crippen molar-refractivity contribution in [1.82, 2.24) is 10.1 Å². The van der Waals surface area contributed by atoms with E-state index in [2.05, 4.69) is 22.7 Å². The highest BCUT2D eigenvalue weighted by molar-refractivity contribution is 5.96. The van der Waals surface area contributed by atoms with E-state index < -0.39 is 0 Å². The zero-order chi connectivity index (χ0) is 18.9. The second-order valence-electron chi connectivity index (χ2n) is 6.31. The zero-order valence-corrected chi connectivity index (χ0v) is 15.5. The van der Waals surface area contributed by atoms with Crippen LogP contribution in [0.4, 0.5) is 16.3 Å². The number of urea groups is 1. The number of rotatable bonds is 8. The average Bonchev–Trinajstić information content (AvgIpc) is 3.09. The number of nitrogens with zero attached hydrogens (tertiary/aromatic N) is 2. The number of amides is 3. The van der Waals surface area contributed by atoms with E-state index in [1.807, 2.05) is 32.0 Å². The molecule has 2 aromatic rings. The Morgan fingerprint density at radius 1 is 1.15 bits per heavy atom. The lowest BCUT2D eigenvalue weighted by atomic mass is 10.1. The first kappa shape index (κ1) is 19.5. The van der Waals surface area contributed by atoms with Crippen LogP contribution in [0.25, 0.3) is 0 Å². The van der Waals surface area contributed by atoms with Gasteiger partial charge in [-0.2, -0.15) is 0 Å². The Balaban J connectivity index is 2.01. The Kier molecular flexibility index (Phi) is 7.20. The number of nitrogens with one attached hydrogen (secondary N) is 2. The van der Waals surface area contributed by atoms with Crippen molar-refractivity contribution in [3.63, 3.8) is 0 Å². The summed E-state index contributed by atoms with van der Waals surface area (Å²) in [6, 6.07) is 7.09. The second-order valence-corrected chi connectivity index (χ2v) is 6.31. The molecule has 0 aliphatic carbocycles. The van der Waals surface area contributed by atoms with Crippen LogP contribution in [0.5, 0.6) is 0 Å². The van der Waals surface area contributed by atoms with Crippen LogP contribution in [-0.4, -0.2) is 35.1 Å². The fourth-order valence-electron chi connectivity index (χ4n) is 2.59. The molecule has 3 amide bonds. The lowest BCUT2D eigenvalue weighted by Crippen LogP contribution is -2.41. The SMILES string of the molecule is CCCCCN(CC(=O)Nc1ccon1)C(=O)Nc1ccc(C)cc1C. The quantitative estimate of drug-likeness (QED) is 0.699. The minimum atomic E-state index is -0.314. The first-order chi connectivity index (χ1) is 12.5. The summed E-state index contributed by atoms with van der Waals surface area (Å²) >= 11 is 0. The summed E-state index contributed by atoms with van der Waals surface area (Å²) in [5, 5.41) is 9.16. The van der Waals surface area contributed by atoms with E-state index in [0.717, 1.165) is 36.1 Å². The van der Waals surface area contributed by atoms with Crippen LogP contribution in [0, 0.1) is 13.8 Å². The maximum atomic E-state index is 12.7. The minimum absolute atomic E-state index is 0.0483. The van der Waals surface area contributed by atoms with Gasteiger partial charge in [0.05, 0.1) is 0 Å². The third-order valence-electron chi connectivity index (χ3n) is 3.98. The summed E-state index contributed by atoms with van der Waals surface area (Å²) in [6.07, 6.45) is 4.26. The van der Waals surface area contributed by atoms with Gasteiger partial charge in [-0.3, -0.25) is 4.79 Å². The molecule has 1 aromatic heterocycles. The van der Waals surface area contributed by atoms with Crippen molar-refractivity contribution < 1.29 is 14.1 Å². The van der Waals surface area contributed by atoms with Gasteiger partial charge in [-0.15, -0.1) is 0 Å². The highest BCUT2D eigenvalue weighted by Crippen LogP contribution is 2.17. The number of benzene rings is 1.